The number of benzene rings is 2. The standard InChI is InChI=1S/C23H26N2O2/c26-22(20-14-8-5-9-15-20)24-21(18-19-12-6-4-7-13-19)23(27)25-16-10-2-1-3-11-17-25/h4-9,12-15,18H,1-3,10-11,16-17H2,(H,24,26)/b21-18+. The van der Waals surface area contributed by atoms with Gasteiger partial charge in [-0.25, -0.2) is 0 Å². The second kappa shape index (κ2) is 9.72. The number of rotatable bonds is 4. The van der Waals surface area contributed by atoms with E-state index < -0.39 is 0 Å². The molecule has 0 saturated carbocycles. The Morgan fingerprint density at radius 3 is 1.96 bits per heavy atom. The fraction of sp³-hybridized carbons (Fsp3) is 0.304. The fourth-order valence-electron chi connectivity index (χ4n) is 3.27. The first-order valence-corrected chi connectivity index (χ1v) is 9.66. The molecular weight excluding hydrogens is 336 g/mol. The molecule has 1 aliphatic rings. The lowest BCUT2D eigenvalue weighted by Gasteiger charge is -2.26. The first-order valence-electron chi connectivity index (χ1n) is 9.66. The van der Waals surface area contributed by atoms with E-state index >= 15 is 0 Å². The van der Waals surface area contributed by atoms with E-state index in [1.807, 2.05) is 53.4 Å². The van der Waals surface area contributed by atoms with Gasteiger partial charge in [0.15, 0.2) is 0 Å². The van der Waals surface area contributed by atoms with Gasteiger partial charge in [0.1, 0.15) is 5.70 Å². The maximum atomic E-state index is 13.2. The fourth-order valence-corrected chi connectivity index (χ4v) is 3.27. The first-order chi connectivity index (χ1) is 13.2. The molecule has 0 unspecified atom stereocenters. The summed E-state index contributed by atoms with van der Waals surface area (Å²) in [6.45, 7) is 1.48. The zero-order valence-corrected chi connectivity index (χ0v) is 15.6. The number of hydrogen-bond donors (Lipinski definition) is 1. The topological polar surface area (TPSA) is 49.4 Å². The van der Waals surface area contributed by atoms with Gasteiger partial charge in [0.05, 0.1) is 0 Å². The molecule has 1 N–H and O–H groups in total. The maximum Gasteiger partial charge on any atom is 0.270 e. The number of likely N-dealkylation sites (tertiary alicyclic amines) is 1. The van der Waals surface area contributed by atoms with Crippen molar-refractivity contribution in [1.29, 1.82) is 0 Å². The van der Waals surface area contributed by atoms with Crippen LogP contribution in [0.4, 0.5) is 0 Å². The van der Waals surface area contributed by atoms with E-state index in [0.717, 1.165) is 44.3 Å². The van der Waals surface area contributed by atoms with E-state index in [1.54, 1.807) is 18.2 Å². The van der Waals surface area contributed by atoms with Gasteiger partial charge >= 0.3 is 0 Å². The van der Waals surface area contributed by atoms with Crippen molar-refractivity contribution in [2.24, 2.45) is 0 Å². The third-order valence-electron chi connectivity index (χ3n) is 4.77. The van der Waals surface area contributed by atoms with E-state index in [1.165, 1.54) is 6.42 Å². The summed E-state index contributed by atoms with van der Waals surface area (Å²) in [7, 11) is 0. The normalized spacial score (nSPS) is 15.6. The Labute approximate surface area is 160 Å². The summed E-state index contributed by atoms with van der Waals surface area (Å²) in [6, 6.07) is 18.6. The van der Waals surface area contributed by atoms with Crippen LogP contribution in [-0.2, 0) is 4.79 Å². The minimum absolute atomic E-state index is 0.106. The monoisotopic (exact) mass is 362 g/mol. The molecule has 1 saturated heterocycles. The molecule has 0 aromatic heterocycles. The molecule has 1 aliphatic heterocycles. The van der Waals surface area contributed by atoms with Crippen LogP contribution in [0.1, 0.15) is 48.0 Å². The maximum absolute atomic E-state index is 13.2. The van der Waals surface area contributed by atoms with Gasteiger partial charge in [-0.2, -0.15) is 0 Å². The lowest BCUT2D eigenvalue weighted by molar-refractivity contribution is -0.127. The summed E-state index contributed by atoms with van der Waals surface area (Å²) in [5, 5.41) is 2.85. The summed E-state index contributed by atoms with van der Waals surface area (Å²) in [5.41, 5.74) is 1.76. The summed E-state index contributed by atoms with van der Waals surface area (Å²) in [4.78, 5) is 27.7. The third-order valence-corrected chi connectivity index (χ3v) is 4.77. The number of nitrogens with zero attached hydrogens (tertiary/aromatic N) is 1. The number of hydrogen-bond acceptors (Lipinski definition) is 2. The lowest BCUT2D eigenvalue weighted by atomic mass is 10.1. The number of carbonyl (C=O) groups is 2. The van der Waals surface area contributed by atoms with Crippen molar-refractivity contribution < 1.29 is 9.59 Å². The molecule has 0 radical (unpaired) electrons. The van der Waals surface area contributed by atoms with Crippen molar-refractivity contribution in [3.63, 3.8) is 0 Å². The van der Waals surface area contributed by atoms with Crippen LogP contribution >= 0.6 is 0 Å². The molecule has 1 fully saturated rings. The zero-order chi connectivity index (χ0) is 18.9. The Morgan fingerprint density at radius 2 is 1.33 bits per heavy atom. The number of nitrogens with one attached hydrogen (secondary N) is 1. The van der Waals surface area contributed by atoms with Crippen LogP contribution in [0, 0.1) is 0 Å². The van der Waals surface area contributed by atoms with Crippen molar-refractivity contribution in [2.75, 3.05) is 13.1 Å². The van der Waals surface area contributed by atoms with Crippen LogP contribution < -0.4 is 5.32 Å². The van der Waals surface area contributed by atoms with E-state index in [-0.39, 0.29) is 11.8 Å². The summed E-state index contributed by atoms with van der Waals surface area (Å²) < 4.78 is 0. The van der Waals surface area contributed by atoms with Crippen molar-refractivity contribution in [3.05, 3.63) is 77.5 Å². The Bertz CT molecular complexity index is 777. The van der Waals surface area contributed by atoms with Gasteiger partial charge in [-0.3, -0.25) is 9.59 Å². The number of carbonyl (C=O) groups excluding carboxylic acids is 2. The second-order valence-corrected chi connectivity index (χ2v) is 6.85. The van der Waals surface area contributed by atoms with Gasteiger partial charge in [-0.1, -0.05) is 67.8 Å². The molecule has 0 spiro atoms. The van der Waals surface area contributed by atoms with E-state index in [2.05, 4.69) is 5.32 Å². The Kier molecular flexibility index (Phi) is 6.80. The summed E-state index contributed by atoms with van der Waals surface area (Å²) in [6.07, 6.45) is 7.32. The smallest absolute Gasteiger partial charge is 0.270 e. The van der Waals surface area contributed by atoms with Crippen LogP contribution in [0.25, 0.3) is 6.08 Å². The highest BCUT2D eigenvalue weighted by molar-refractivity contribution is 6.05. The molecule has 4 nitrogen and oxygen atoms in total. The van der Waals surface area contributed by atoms with Crippen LogP contribution in [0.3, 0.4) is 0 Å². The van der Waals surface area contributed by atoms with Gasteiger partial charge in [0.2, 0.25) is 0 Å². The van der Waals surface area contributed by atoms with Gasteiger partial charge in [-0.15, -0.1) is 0 Å². The molecule has 0 aliphatic carbocycles. The molecule has 27 heavy (non-hydrogen) atoms. The van der Waals surface area contributed by atoms with E-state index in [9.17, 15) is 9.59 Å². The molecule has 0 atom stereocenters. The van der Waals surface area contributed by atoms with Crippen molar-refractivity contribution >= 4 is 17.9 Å². The van der Waals surface area contributed by atoms with E-state index in [4.69, 9.17) is 0 Å². The van der Waals surface area contributed by atoms with Crippen molar-refractivity contribution in [3.8, 4) is 0 Å². The molecule has 2 aromatic rings. The molecular formula is C23H26N2O2. The molecule has 4 heteroatoms. The molecule has 140 valence electrons. The molecule has 2 aromatic carbocycles. The number of amides is 2. The highest BCUT2D eigenvalue weighted by atomic mass is 16.2. The Hall–Kier alpha value is -2.88. The molecule has 3 rings (SSSR count). The highest BCUT2D eigenvalue weighted by Crippen LogP contribution is 2.14. The van der Waals surface area contributed by atoms with Crippen LogP contribution in [0.5, 0.6) is 0 Å². The Morgan fingerprint density at radius 1 is 0.778 bits per heavy atom. The third kappa shape index (κ3) is 5.55. The van der Waals surface area contributed by atoms with Crippen molar-refractivity contribution in [2.45, 2.75) is 32.1 Å². The van der Waals surface area contributed by atoms with Crippen LogP contribution in [-0.4, -0.2) is 29.8 Å². The quantitative estimate of drug-likeness (QED) is 0.827. The largest absolute Gasteiger partial charge is 0.337 e. The second-order valence-electron chi connectivity index (χ2n) is 6.85. The van der Waals surface area contributed by atoms with Crippen LogP contribution in [0.2, 0.25) is 0 Å². The lowest BCUT2D eigenvalue weighted by Crippen LogP contribution is -2.40. The predicted molar refractivity (Wildman–Crippen MR) is 108 cm³/mol. The average molecular weight is 362 g/mol. The Balaban J connectivity index is 1.83. The molecule has 0 bridgehead atoms. The van der Waals surface area contributed by atoms with Gasteiger partial charge < -0.3 is 10.2 Å². The molecule has 2 amide bonds. The minimum atomic E-state index is -0.266. The van der Waals surface area contributed by atoms with Gasteiger partial charge in [0, 0.05) is 18.7 Å². The predicted octanol–water partition coefficient (Wildman–Crippen LogP) is 4.25. The van der Waals surface area contributed by atoms with Crippen molar-refractivity contribution in [1.82, 2.24) is 10.2 Å². The van der Waals surface area contributed by atoms with Gasteiger partial charge in [0.25, 0.3) is 11.8 Å². The molecule has 1 heterocycles. The SMILES string of the molecule is O=C(N/C(=C/c1ccccc1)C(=O)N1CCCCCCC1)c1ccccc1. The summed E-state index contributed by atoms with van der Waals surface area (Å²) in [5.74, 6) is -0.372. The zero-order valence-electron chi connectivity index (χ0n) is 15.6. The van der Waals surface area contributed by atoms with Crippen LogP contribution in [0.15, 0.2) is 66.4 Å². The summed E-state index contributed by atoms with van der Waals surface area (Å²) >= 11 is 0. The van der Waals surface area contributed by atoms with Gasteiger partial charge in [-0.05, 0) is 36.6 Å². The highest BCUT2D eigenvalue weighted by Gasteiger charge is 2.21. The average Bonchev–Trinajstić information content (AvgIpc) is 2.68. The van der Waals surface area contributed by atoms with E-state index in [0.29, 0.717) is 11.3 Å². The minimum Gasteiger partial charge on any atom is -0.337 e. The first kappa shape index (κ1) is 18.9.